The molecule has 134 valence electrons. The van der Waals surface area contributed by atoms with Gasteiger partial charge in [0.05, 0.1) is 0 Å². The minimum Gasteiger partial charge on any atom is -0.368 e. The van der Waals surface area contributed by atoms with Gasteiger partial charge in [-0.2, -0.15) is 0 Å². The summed E-state index contributed by atoms with van der Waals surface area (Å²) in [5, 5.41) is 0. The summed E-state index contributed by atoms with van der Waals surface area (Å²) in [6.45, 7) is 7.20. The molecule has 5 nitrogen and oxygen atoms in total. The number of benzene rings is 1. The Kier molecular flexibility index (Phi) is 5.36. The monoisotopic (exact) mass is 344 g/mol. The van der Waals surface area contributed by atoms with Crippen molar-refractivity contribution in [1.29, 1.82) is 0 Å². The Bertz CT molecular complexity index is 764. The molecule has 6 heteroatoms. The number of H-pyrrole nitrogens is 1. The van der Waals surface area contributed by atoms with Crippen LogP contribution in [0.4, 0.5) is 16.0 Å². The summed E-state index contributed by atoms with van der Waals surface area (Å²) in [4.78, 5) is 24.3. The van der Waals surface area contributed by atoms with E-state index in [2.05, 4.69) is 26.7 Å². The standard InChI is InChI=1S/C19H25FN4O/c1-3-4-5-17-14(2)21-19(22-18(17)25)24-12-10-23(11-13-24)16-8-6-15(20)7-9-16/h6-9H,3-5,10-13H2,1-2H3,(H,21,22,25). The Labute approximate surface area is 147 Å². The number of nitrogens with one attached hydrogen (secondary N) is 1. The minimum atomic E-state index is -0.220. The molecule has 1 fully saturated rings. The number of aromatic nitrogens is 2. The van der Waals surface area contributed by atoms with Gasteiger partial charge in [0, 0.05) is 43.1 Å². The number of aromatic amines is 1. The maximum atomic E-state index is 13.1. The smallest absolute Gasteiger partial charge is 0.255 e. The molecule has 1 N–H and O–H groups in total. The first-order valence-electron chi connectivity index (χ1n) is 8.93. The molecule has 0 bridgehead atoms. The van der Waals surface area contributed by atoms with Crippen LogP contribution in [-0.4, -0.2) is 36.1 Å². The summed E-state index contributed by atoms with van der Waals surface area (Å²) in [6, 6.07) is 6.58. The topological polar surface area (TPSA) is 52.2 Å². The Morgan fingerprint density at radius 3 is 2.36 bits per heavy atom. The van der Waals surface area contributed by atoms with Crippen molar-refractivity contribution in [2.24, 2.45) is 0 Å². The predicted octanol–water partition coefficient (Wildman–Crippen LogP) is 2.89. The zero-order valence-corrected chi connectivity index (χ0v) is 14.9. The zero-order chi connectivity index (χ0) is 17.8. The fourth-order valence-corrected chi connectivity index (χ4v) is 3.22. The third-order valence-electron chi connectivity index (χ3n) is 4.76. The molecule has 0 aliphatic carbocycles. The zero-order valence-electron chi connectivity index (χ0n) is 14.9. The molecule has 0 atom stereocenters. The molecule has 1 aliphatic heterocycles. The van der Waals surface area contributed by atoms with Crippen LogP contribution < -0.4 is 15.4 Å². The number of anilines is 2. The highest BCUT2D eigenvalue weighted by atomic mass is 19.1. The lowest BCUT2D eigenvalue weighted by Gasteiger charge is -2.36. The number of halogens is 1. The predicted molar refractivity (Wildman–Crippen MR) is 99.0 cm³/mol. The molecule has 2 heterocycles. The molecule has 25 heavy (non-hydrogen) atoms. The van der Waals surface area contributed by atoms with E-state index in [1.165, 1.54) is 12.1 Å². The van der Waals surface area contributed by atoms with Gasteiger partial charge in [-0.05, 0) is 44.0 Å². The number of hydrogen-bond acceptors (Lipinski definition) is 4. The van der Waals surface area contributed by atoms with Crippen molar-refractivity contribution in [3.8, 4) is 0 Å². The van der Waals surface area contributed by atoms with Crippen LogP contribution in [0.25, 0.3) is 0 Å². The molecule has 0 amide bonds. The molecule has 1 saturated heterocycles. The van der Waals surface area contributed by atoms with Gasteiger partial charge < -0.3 is 9.80 Å². The van der Waals surface area contributed by atoms with Crippen molar-refractivity contribution < 1.29 is 4.39 Å². The first kappa shape index (κ1) is 17.5. The van der Waals surface area contributed by atoms with Gasteiger partial charge in [0.15, 0.2) is 0 Å². The van der Waals surface area contributed by atoms with Crippen LogP contribution in [-0.2, 0) is 6.42 Å². The third kappa shape index (κ3) is 4.00. The normalized spacial score (nSPS) is 14.8. The minimum absolute atomic E-state index is 0.0167. The first-order valence-corrected chi connectivity index (χ1v) is 8.93. The van der Waals surface area contributed by atoms with Crippen LogP contribution in [0.5, 0.6) is 0 Å². The highest BCUT2D eigenvalue weighted by Gasteiger charge is 2.20. The number of unbranched alkanes of at least 4 members (excludes halogenated alkanes) is 1. The van der Waals surface area contributed by atoms with Crippen molar-refractivity contribution in [2.45, 2.75) is 33.1 Å². The molecular weight excluding hydrogens is 319 g/mol. The van der Waals surface area contributed by atoms with Crippen LogP contribution in [0.15, 0.2) is 29.1 Å². The van der Waals surface area contributed by atoms with E-state index in [1.54, 1.807) is 12.1 Å². The SMILES string of the molecule is CCCCc1c(C)nc(N2CCN(c3ccc(F)cc3)CC2)[nH]c1=O. The van der Waals surface area contributed by atoms with Gasteiger partial charge in [-0.3, -0.25) is 9.78 Å². The van der Waals surface area contributed by atoms with Crippen molar-refractivity contribution in [1.82, 2.24) is 9.97 Å². The van der Waals surface area contributed by atoms with Gasteiger partial charge in [0.25, 0.3) is 5.56 Å². The maximum absolute atomic E-state index is 13.1. The summed E-state index contributed by atoms with van der Waals surface area (Å²) in [7, 11) is 0. The molecule has 1 aromatic heterocycles. The second kappa shape index (κ2) is 7.68. The molecule has 1 aliphatic rings. The van der Waals surface area contributed by atoms with Crippen LogP contribution >= 0.6 is 0 Å². The summed E-state index contributed by atoms with van der Waals surface area (Å²) in [6.07, 6.45) is 2.84. The Morgan fingerprint density at radius 2 is 1.76 bits per heavy atom. The van der Waals surface area contributed by atoms with Crippen LogP contribution in [0, 0.1) is 12.7 Å². The molecule has 0 saturated carbocycles. The lowest BCUT2D eigenvalue weighted by Crippen LogP contribution is -2.47. The van der Waals surface area contributed by atoms with E-state index in [-0.39, 0.29) is 11.4 Å². The quantitative estimate of drug-likeness (QED) is 0.906. The number of piperazine rings is 1. The van der Waals surface area contributed by atoms with Crippen molar-refractivity contribution >= 4 is 11.6 Å². The Morgan fingerprint density at radius 1 is 1.12 bits per heavy atom. The molecule has 0 radical (unpaired) electrons. The highest BCUT2D eigenvalue weighted by molar-refractivity contribution is 5.48. The van der Waals surface area contributed by atoms with Crippen molar-refractivity contribution in [3.63, 3.8) is 0 Å². The average Bonchev–Trinajstić information content (AvgIpc) is 2.62. The number of rotatable bonds is 5. The largest absolute Gasteiger partial charge is 0.368 e. The molecule has 1 aromatic carbocycles. The Balaban J connectivity index is 1.68. The van der Waals surface area contributed by atoms with Gasteiger partial charge in [0.2, 0.25) is 5.95 Å². The first-order chi connectivity index (χ1) is 12.1. The summed E-state index contributed by atoms with van der Waals surface area (Å²) in [5.74, 6) is 0.435. The van der Waals surface area contributed by atoms with Crippen LogP contribution in [0.2, 0.25) is 0 Å². The molecular formula is C19H25FN4O. The number of nitrogens with zero attached hydrogens (tertiary/aromatic N) is 3. The fourth-order valence-electron chi connectivity index (χ4n) is 3.22. The van der Waals surface area contributed by atoms with Crippen molar-refractivity contribution in [3.05, 3.63) is 51.7 Å². The van der Waals surface area contributed by atoms with E-state index in [1.807, 2.05) is 6.92 Å². The lowest BCUT2D eigenvalue weighted by atomic mass is 10.1. The summed E-state index contributed by atoms with van der Waals surface area (Å²) < 4.78 is 13.1. The summed E-state index contributed by atoms with van der Waals surface area (Å²) >= 11 is 0. The molecule has 0 spiro atoms. The fraction of sp³-hybridized carbons (Fsp3) is 0.474. The van der Waals surface area contributed by atoms with E-state index in [4.69, 9.17) is 0 Å². The van der Waals surface area contributed by atoms with Gasteiger partial charge in [-0.15, -0.1) is 0 Å². The van der Waals surface area contributed by atoms with E-state index in [0.717, 1.165) is 62.4 Å². The maximum Gasteiger partial charge on any atom is 0.255 e. The second-order valence-electron chi connectivity index (χ2n) is 6.51. The molecule has 3 rings (SSSR count). The second-order valence-corrected chi connectivity index (χ2v) is 6.51. The van der Waals surface area contributed by atoms with E-state index < -0.39 is 0 Å². The van der Waals surface area contributed by atoms with Crippen molar-refractivity contribution in [2.75, 3.05) is 36.0 Å². The van der Waals surface area contributed by atoms with Crippen LogP contribution in [0.1, 0.15) is 31.0 Å². The Hall–Kier alpha value is -2.37. The van der Waals surface area contributed by atoms with Gasteiger partial charge in [-0.1, -0.05) is 13.3 Å². The average molecular weight is 344 g/mol. The number of aryl methyl sites for hydroxylation is 1. The van der Waals surface area contributed by atoms with Crippen LogP contribution in [0.3, 0.4) is 0 Å². The lowest BCUT2D eigenvalue weighted by molar-refractivity contribution is 0.622. The third-order valence-corrected chi connectivity index (χ3v) is 4.76. The van der Waals surface area contributed by atoms with Gasteiger partial charge in [-0.25, -0.2) is 9.37 Å². The van der Waals surface area contributed by atoms with E-state index in [0.29, 0.717) is 5.95 Å². The van der Waals surface area contributed by atoms with Gasteiger partial charge >= 0.3 is 0 Å². The van der Waals surface area contributed by atoms with Gasteiger partial charge in [0.1, 0.15) is 5.82 Å². The summed E-state index contributed by atoms with van der Waals surface area (Å²) in [5.41, 5.74) is 2.63. The highest BCUT2D eigenvalue weighted by Crippen LogP contribution is 2.19. The van der Waals surface area contributed by atoms with E-state index in [9.17, 15) is 9.18 Å². The molecule has 2 aromatic rings. The van der Waals surface area contributed by atoms with E-state index >= 15 is 0 Å². The number of hydrogen-bond donors (Lipinski definition) is 1. The molecule has 0 unspecified atom stereocenters.